The fraction of sp³-hybridized carbons (Fsp3) is 0.500. The first-order valence-electron chi connectivity index (χ1n) is 6.10. The third-order valence-electron chi connectivity index (χ3n) is 3.05. The van der Waals surface area contributed by atoms with Crippen LogP contribution in [0.4, 0.5) is 0 Å². The van der Waals surface area contributed by atoms with E-state index in [1.165, 1.54) is 0 Å². The highest BCUT2D eigenvalue weighted by atomic mass is 16.4. The van der Waals surface area contributed by atoms with Crippen LogP contribution in [-0.4, -0.2) is 17.1 Å². The highest BCUT2D eigenvalue weighted by Gasteiger charge is 2.13. The molecule has 0 bridgehead atoms. The van der Waals surface area contributed by atoms with Crippen LogP contribution in [0.5, 0.6) is 0 Å². The van der Waals surface area contributed by atoms with Crippen LogP contribution in [-0.2, 0) is 6.54 Å². The first-order valence-corrected chi connectivity index (χ1v) is 6.10. The molecule has 0 aliphatic carbocycles. The molecule has 17 heavy (non-hydrogen) atoms. The summed E-state index contributed by atoms with van der Waals surface area (Å²) in [5, 5.41) is 12.5. The van der Waals surface area contributed by atoms with Crippen LogP contribution in [0.15, 0.2) is 24.3 Å². The summed E-state index contributed by atoms with van der Waals surface area (Å²) in [5.74, 6) is -0.308. The van der Waals surface area contributed by atoms with Crippen molar-refractivity contribution < 1.29 is 9.90 Å². The smallest absolute Gasteiger partial charge is 0.336 e. The first kappa shape index (κ1) is 13.7. The molecule has 1 atom stereocenters. The van der Waals surface area contributed by atoms with Gasteiger partial charge in [-0.2, -0.15) is 0 Å². The van der Waals surface area contributed by atoms with Crippen molar-refractivity contribution in [3.8, 4) is 0 Å². The Morgan fingerprint density at radius 3 is 2.53 bits per heavy atom. The fourth-order valence-corrected chi connectivity index (χ4v) is 1.98. The van der Waals surface area contributed by atoms with Crippen LogP contribution in [0.3, 0.4) is 0 Å². The average molecular weight is 235 g/mol. The SMILES string of the molecule is CCC(NCc1ccccc1C(=O)O)C(C)C. The molecule has 3 heteroatoms. The van der Waals surface area contributed by atoms with Gasteiger partial charge in [0.05, 0.1) is 5.56 Å². The molecule has 0 spiro atoms. The summed E-state index contributed by atoms with van der Waals surface area (Å²) in [7, 11) is 0. The van der Waals surface area contributed by atoms with Crippen molar-refractivity contribution >= 4 is 5.97 Å². The van der Waals surface area contributed by atoms with E-state index in [-0.39, 0.29) is 0 Å². The zero-order chi connectivity index (χ0) is 12.8. The Labute approximate surface area is 103 Å². The van der Waals surface area contributed by atoms with Gasteiger partial charge in [0.25, 0.3) is 0 Å². The molecular formula is C14H21NO2. The van der Waals surface area contributed by atoms with Gasteiger partial charge in [0, 0.05) is 12.6 Å². The molecule has 2 N–H and O–H groups in total. The van der Waals surface area contributed by atoms with Crippen LogP contribution in [0, 0.1) is 5.92 Å². The highest BCUT2D eigenvalue weighted by Crippen LogP contribution is 2.11. The molecule has 0 saturated heterocycles. The molecule has 0 heterocycles. The van der Waals surface area contributed by atoms with Crippen LogP contribution in [0.25, 0.3) is 0 Å². The number of hydrogen-bond acceptors (Lipinski definition) is 2. The number of hydrogen-bond donors (Lipinski definition) is 2. The lowest BCUT2D eigenvalue weighted by molar-refractivity contribution is 0.0695. The Balaban J connectivity index is 2.72. The molecular weight excluding hydrogens is 214 g/mol. The second kappa shape index (κ2) is 6.40. The minimum atomic E-state index is -0.861. The van der Waals surface area contributed by atoms with Crippen molar-refractivity contribution in [2.45, 2.75) is 39.8 Å². The Bertz CT molecular complexity index is 374. The third kappa shape index (κ3) is 3.86. The number of carboxylic acid groups (broad SMARTS) is 1. The molecule has 3 nitrogen and oxygen atoms in total. The zero-order valence-electron chi connectivity index (χ0n) is 10.7. The van der Waals surface area contributed by atoms with Gasteiger partial charge in [0.15, 0.2) is 0 Å². The third-order valence-corrected chi connectivity index (χ3v) is 3.05. The summed E-state index contributed by atoms with van der Waals surface area (Å²) in [6, 6.07) is 7.57. The minimum Gasteiger partial charge on any atom is -0.478 e. The molecule has 0 aliphatic heterocycles. The van der Waals surface area contributed by atoms with E-state index in [1.807, 2.05) is 12.1 Å². The standard InChI is InChI=1S/C14H21NO2/c1-4-13(10(2)3)15-9-11-7-5-6-8-12(11)14(16)17/h5-8,10,13,15H,4,9H2,1-3H3,(H,16,17). The summed E-state index contributed by atoms with van der Waals surface area (Å²) >= 11 is 0. The van der Waals surface area contributed by atoms with Gasteiger partial charge in [-0.3, -0.25) is 0 Å². The number of carboxylic acids is 1. The minimum absolute atomic E-state index is 0.388. The normalized spacial score (nSPS) is 12.7. The molecule has 0 fully saturated rings. The second-order valence-electron chi connectivity index (χ2n) is 4.60. The number of nitrogens with one attached hydrogen (secondary N) is 1. The number of carbonyl (C=O) groups is 1. The van der Waals surface area contributed by atoms with Crippen LogP contribution in [0.1, 0.15) is 43.1 Å². The van der Waals surface area contributed by atoms with E-state index in [0.717, 1.165) is 12.0 Å². The van der Waals surface area contributed by atoms with Gasteiger partial charge in [-0.05, 0) is 24.0 Å². The molecule has 0 saturated carbocycles. The molecule has 1 aromatic rings. The summed E-state index contributed by atoms with van der Waals surface area (Å²) in [6.45, 7) is 7.09. The maximum atomic E-state index is 11.0. The maximum Gasteiger partial charge on any atom is 0.336 e. The molecule has 1 unspecified atom stereocenters. The second-order valence-corrected chi connectivity index (χ2v) is 4.60. The molecule has 1 aromatic carbocycles. The van der Waals surface area contributed by atoms with Crippen LogP contribution >= 0.6 is 0 Å². The summed E-state index contributed by atoms with van der Waals surface area (Å²) in [5.41, 5.74) is 1.23. The number of benzene rings is 1. The molecule has 0 amide bonds. The number of aromatic carboxylic acids is 1. The van der Waals surface area contributed by atoms with Crippen molar-refractivity contribution in [3.63, 3.8) is 0 Å². The largest absolute Gasteiger partial charge is 0.478 e. The monoisotopic (exact) mass is 235 g/mol. The number of rotatable bonds is 6. The van der Waals surface area contributed by atoms with Crippen molar-refractivity contribution in [1.29, 1.82) is 0 Å². The van der Waals surface area contributed by atoms with Crippen molar-refractivity contribution in [3.05, 3.63) is 35.4 Å². The average Bonchev–Trinajstić information content (AvgIpc) is 2.29. The summed E-state index contributed by atoms with van der Waals surface area (Å²) in [4.78, 5) is 11.0. The maximum absolute atomic E-state index is 11.0. The van der Waals surface area contributed by atoms with Crippen molar-refractivity contribution in [1.82, 2.24) is 5.32 Å². The Hall–Kier alpha value is -1.35. The van der Waals surface area contributed by atoms with E-state index < -0.39 is 5.97 Å². The topological polar surface area (TPSA) is 49.3 Å². The van der Waals surface area contributed by atoms with Gasteiger partial charge in [-0.1, -0.05) is 39.0 Å². The van der Waals surface area contributed by atoms with E-state index in [2.05, 4.69) is 26.1 Å². The fourth-order valence-electron chi connectivity index (χ4n) is 1.98. The molecule has 0 radical (unpaired) electrons. The van der Waals surface area contributed by atoms with Gasteiger partial charge in [0.2, 0.25) is 0 Å². The van der Waals surface area contributed by atoms with Gasteiger partial charge >= 0.3 is 5.97 Å². The molecule has 0 aliphatic rings. The van der Waals surface area contributed by atoms with E-state index in [9.17, 15) is 4.79 Å². The Morgan fingerprint density at radius 2 is 2.00 bits per heavy atom. The molecule has 0 aromatic heterocycles. The van der Waals surface area contributed by atoms with E-state index >= 15 is 0 Å². The van der Waals surface area contributed by atoms with Gasteiger partial charge in [-0.25, -0.2) is 4.79 Å². The predicted molar refractivity (Wildman–Crippen MR) is 69.2 cm³/mol. The highest BCUT2D eigenvalue weighted by molar-refractivity contribution is 5.89. The lowest BCUT2D eigenvalue weighted by Crippen LogP contribution is -2.33. The summed E-state index contributed by atoms with van der Waals surface area (Å²) in [6.07, 6.45) is 1.05. The van der Waals surface area contributed by atoms with Crippen molar-refractivity contribution in [2.24, 2.45) is 5.92 Å². The predicted octanol–water partition coefficient (Wildman–Crippen LogP) is 2.91. The zero-order valence-corrected chi connectivity index (χ0v) is 10.7. The molecule has 1 rings (SSSR count). The van der Waals surface area contributed by atoms with E-state index in [1.54, 1.807) is 12.1 Å². The van der Waals surface area contributed by atoms with Crippen molar-refractivity contribution in [2.75, 3.05) is 0 Å². The Morgan fingerprint density at radius 1 is 1.35 bits per heavy atom. The molecule has 94 valence electrons. The lowest BCUT2D eigenvalue weighted by atomic mass is 10.0. The van der Waals surface area contributed by atoms with Gasteiger partial charge < -0.3 is 10.4 Å². The quantitative estimate of drug-likeness (QED) is 0.797. The lowest BCUT2D eigenvalue weighted by Gasteiger charge is -2.21. The van der Waals surface area contributed by atoms with Gasteiger partial charge in [0.1, 0.15) is 0 Å². The van der Waals surface area contributed by atoms with E-state index in [4.69, 9.17) is 5.11 Å². The first-order chi connectivity index (χ1) is 8.06. The van der Waals surface area contributed by atoms with Crippen LogP contribution < -0.4 is 5.32 Å². The van der Waals surface area contributed by atoms with E-state index in [0.29, 0.717) is 24.1 Å². The summed E-state index contributed by atoms with van der Waals surface area (Å²) < 4.78 is 0. The van der Waals surface area contributed by atoms with Crippen LogP contribution in [0.2, 0.25) is 0 Å². The van der Waals surface area contributed by atoms with Gasteiger partial charge in [-0.15, -0.1) is 0 Å². The Kier molecular flexibility index (Phi) is 5.16.